The third-order valence-electron chi connectivity index (χ3n) is 1.70. The summed E-state index contributed by atoms with van der Waals surface area (Å²) in [6, 6.07) is 1.94. The van der Waals surface area contributed by atoms with E-state index < -0.39 is 0 Å². The maximum Gasteiger partial charge on any atom is 0.163 e. The zero-order valence-corrected chi connectivity index (χ0v) is 10.7. The zero-order chi connectivity index (χ0) is 10.6. The van der Waals surface area contributed by atoms with Crippen LogP contribution in [0.4, 0.5) is 0 Å². The van der Waals surface area contributed by atoms with E-state index in [9.17, 15) is 4.79 Å². The molecule has 0 aliphatic carbocycles. The number of halogens is 1. The van der Waals surface area contributed by atoms with Gasteiger partial charge in [-0.25, -0.2) is 0 Å². The molecule has 0 spiro atoms. The second kappa shape index (κ2) is 5.63. The van der Waals surface area contributed by atoms with E-state index in [1.54, 1.807) is 18.3 Å². The minimum atomic E-state index is -0.383. The van der Waals surface area contributed by atoms with Gasteiger partial charge in [0.05, 0.1) is 0 Å². The van der Waals surface area contributed by atoms with Crippen LogP contribution in [-0.2, 0) is 9.53 Å². The van der Waals surface area contributed by atoms with Crippen molar-refractivity contribution in [1.29, 1.82) is 0 Å². The normalized spacial score (nSPS) is 12.8. The molecule has 0 N–H and O–H groups in total. The van der Waals surface area contributed by atoms with Crippen LogP contribution in [0.5, 0.6) is 0 Å². The van der Waals surface area contributed by atoms with E-state index in [4.69, 9.17) is 4.74 Å². The van der Waals surface area contributed by atoms with Gasteiger partial charge in [0, 0.05) is 21.3 Å². The fraction of sp³-hybridized carbons (Fsp3) is 0.500. The highest BCUT2D eigenvalue weighted by molar-refractivity contribution is 9.10. The van der Waals surface area contributed by atoms with Gasteiger partial charge >= 0.3 is 0 Å². The lowest BCUT2D eigenvalue weighted by Crippen LogP contribution is -2.12. The first-order valence-electron chi connectivity index (χ1n) is 4.51. The summed E-state index contributed by atoms with van der Waals surface area (Å²) in [6.45, 7) is 4.22. The minimum absolute atomic E-state index is 0.0628. The Bertz CT molecular complexity index is 309. The lowest BCUT2D eigenvalue weighted by molar-refractivity contribution is -0.128. The van der Waals surface area contributed by atoms with Gasteiger partial charge in [0.1, 0.15) is 6.10 Å². The van der Waals surface area contributed by atoms with E-state index in [-0.39, 0.29) is 11.9 Å². The molecule has 0 saturated heterocycles. The van der Waals surface area contributed by atoms with Gasteiger partial charge < -0.3 is 4.74 Å². The topological polar surface area (TPSA) is 26.3 Å². The second-order valence-corrected chi connectivity index (χ2v) is 4.89. The highest BCUT2D eigenvalue weighted by atomic mass is 79.9. The molecule has 1 heterocycles. The number of hydrogen-bond acceptors (Lipinski definition) is 3. The van der Waals surface area contributed by atoms with Crippen molar-refractivity contribution in [3.63, 3.8) is 0 Å². The van der Waals surface area contributed by atoms with Gasteiger partial charge in [-0.3, -0.25) is 4.79 Å². The first-order chi connectivity index (χ1) is 6.65. The maximum absolute atomic E-state index is 11.3. The molecule has 1 aromatic rings. The number of carbonyl (C=O) groups is 1. The summed E-state index contributed by atoms with van der Waals surface area (Å²) < 4.78 is 6.50. The quantitative estimate of drug-likeness (QED) is 0.822. The van der Waals surface area contributed by atoms with Gasteiger partial charge in [-0.05, 0) is 35.3 Å². The predicted molar refractivity (Wildman–Crippen MR) is 61.7 cm³/mol. The molecule has 1 rings (SSSR count). The summed E-state index contributed by atoms with van der Waals surface area (Å²) in [5.74, 6) is 0.0628. The molecular formula is C10H13BrO2S. The fourth-order valence-electron chi connectivity index (χ4n) is 1.10. The van der Waals surface area contributed by atoms with Crippen molar-refractivity contribution in [2.45, 2.75) is 26.4 Å². The highest BCUT2D eigenvalue weighted by Crippen LogP contribution is 2.28. The Labute approximate surface area is 96.4 Å². The number of hydrogen-bond donors (Lipinski definition) is 0. The third-order valence-corrected chi connectivity index (χ3v) is 3.44. The second-order valence-electron chi connectivity index (χ2n) is 3.03. The molecule has 1 aromatic heterocycles. The summed E-state index contributed by atoms with van der Waals surface area (Å²) in [6.07, 6.45) is 0.544. The Morgan fingerprint density at radius 1 is 1.71 bits per heavy atom. The Kier molecular flexibility index (Phi) is 4.78. The average molecular weight is 277 g/mol. The molecule has 0 fully saturated rings. The van der Waals surface area contributed by atoms with Crippen molar-refractivity contribution in [2.24, 2.45) is 0 Å². The molecule has 0 aromatic carbocycles. The van der Waals surface area contributed by atoms with Crippen LogP contribution in [-0.4, -0.2) is 12.4 Å². The highest BCUT2D eigenvalue weighted by Gasteiger charge is 2.18. The standard InChI is InChI=1S/C10H13BrO2S/c1-3-4-13-10(7(2)12)9-5-8(11)6-14-9/h5-6,10H,3-4H2,1-2H3. The third kappa shape index (κ3) is 3.19. The van der Waals surface area contributed by atoms with Crippen LogP contribution >= 0.6 is 27.3 Å². The number of carbonyl (C=O) groups excluding carboxylic acids is 1. The van der Waals surface area contributed by atoms with Crippen LogP contribution in [0, 0.1) is 0 Å². The molecule has 0 aliphatic rings. The number of Topliss-reactive ketones (excluding diaryl/α,β-unsaturated/α-hetero) is 1. The van der Waals surface area contributed by atoms with Gasteiger partial charge in [0.15, 0.2) is 5.78 Å². The Morgan fingerprint density at radius 2 is 2.43 bits per heavy atom. The molecule has 0 radical (unpaired) electrons. The van der Waals surface area contributed by atoms with Crippen LogP contribution in [0.1, 0.15) is 31.2 Å². The monoisotopic (exact) mass is 276 g/mol. The summed E-state index contributed by atoms with van der Waals surface area (Å²) in [5.41, 5.74) is 0. The van der Waals surface area contributed by atoms with Crippen LogP contribution in [0.25, 0.3) is 0 Å². The lowest BCUT2D eigenvalue weighted by atomic mass is 10.2. The smallest absolute Gasteiger partial charge is 0.163 e. The molecule has 1 atom stereocenters. The van der Waals surface area contributed by atoms with Crippen molar-refractivity contribution >= 4 is 33.0 Å². The first kappa shape index (κ1) is 11.9. The van der Waals surface area contributed by atoms with Crippen LogP contribution in [0.2, 0.25) is 0 Å². The van der Waals surface area contributed by atoms with Gasteiger partial charge in [-0.2, -0.15) is 0 Å². The number of ether oxygens (including phenoxy) is 1. The molecular weight excluding hydrogens is 264 g/mol. The Balaban J connectivity index is 2.72. The van der Waals surface area contributed by atoms with Crippen molar-refractivity contribution in [2.75, 3.05) is 6.61 Å². The van der Waals surface area contributed by atoms with E-state index in [1.807, 2.05) is 18.4 Å². The van der Waals surface area contributed by atoms with E-state index in [1.165, 1.54) is 0 Å². The molecule has 0 amide bonds. The molecule has 0 aliphatic heterocycles. The van der Waals surface area contributed by atoms with E-state index >= 15 is 0 Å². The minimum Gasteiger partial charge on any atom is -0.365 e. The number of ketones is 1. The SMILES string of the molecule is CCCOC(C(C)=O)c1cc(Br)cs1. The summed E-state index contributed by atoms with van der Waals surface area (Å²) >= 11 is 4.91. The molecule has 4 heteroatoms. The van der Waals surface area contributed by atoms with Crippen LogP contribution in [0.3, 0.4) is 0 Å². The molecule has 0 saturated carbocycles. The van der Waals surface area contributed by atoms with Gasteiger partial charge in [-0.15, -0.1) is 11.3 Å². The van der Waals surface area contributed by atoms with Gasteiger partial charge in [0.25, 0.3) is 0 Å². The average Bonchev–Trinajstić information content (AvgIpc) is 2.52. The lowest BCUT2D eigenvalue weighted by Gasteiger charge is -2.12. The Morgan fingerprint density at radius 3 is 2.86 bits per heavy atom. The predicted octanol–water partition coefficient (Wildman–Crippen LogP) is 3.57. The fourth-order valence-corrected chi connectivity index (χ4v) is 2.65. The largest absolute Gasteiger partial charge is 0.365 e. The maximum atomic E-state index is 11.3. The van der Waals surface area contributed by atoms with E-state index in [2.05, 4.69) is 15.9 Å². The van der Waals surface area contributed by atoms with Crippen molar-refractivity contribution < 1.29 is 9.53 Å². The van der Waals surface area contributed by atoms with Crippen molar-refractivity contribution in [1.82, 2.24) is 0 Å². The van der Waals surface area contributed by atoms with Crippen molar-refractivity contribution in [3.8, 4) is 0 Å². The van der Waals surface area contributed by atoms with Crippen molar-refractivity contribution in [3.05, 3.63) is 20.8 Å². The van der Waals surface area contributed by atoms with Gasteiger partial charge in [-0.1, -0.05) is 6.92 Å². The Hall–Kier alpha value is -0.190. The molecule has 14 heavy (non-hydrogen) atoms. The summed E-state index contributed by atoms with van der Waals surface area (Å²) in [5, 5.41) is 1.96. The van der Waals surface area contributed by atoms with E-state index in [0.29, 0.717) is 6.61 Å². The number of thiophene rings is 1. The van der Waals surface area contributed by atoms with Crippen LogP contribution in [0.15, 0.2) is 15.9 Å². The summed E-state index contributed by atoms with van der Waals surface area (Å²) in [7, 11) is 0. The zero-order valence-electron chi connectivity index (χ0n) is 8.25. The molecule has 1 unspecified atom stereocenters. The van der Waals surface area contributed by atoms with Crippen LogP contribution < -0.4 is 0 Å². The first-order valence-corrected chi connectivity index (χ1v) is 6.18. The molecule has 0 bridgehead atoms. The molecule has 78 valence electrons. The number of rotatable bonds is 5. The van der Waals surface area contributed by atoms with Gasteiger partial charge in [0.2, 0.25) is 0 Å². The summed E-state index contributed by atoms with van der Waals surface area (Å²) in [4.78, 5) is 12.3. The molecule has 2 nitrogen and oxygen atoms in total. The van der Waals surface area contributed by atoms with E-state index in [0.717, 1.165) is 15.8 Å².